The number of carbonyl (C=O) groups excluding carboxylic acids is 1. The second-order valence-electron chi connectivity index (χ2n) is 4.42. The first-order valence-corrected chi connectivity index (χ1v) is 6.03. The largest absolute Gasteiger partial charge is 0.480 e. The molecule has 0 bridgehead atoms. The van der Waals surface area contributed by atoms with Crippen LogP contribution in [0.3, 0.4) is 0 Å². The SMILES string of the molecule is O=C(Nc1ccccc1)C1Cc2cc(F)ccc2O1. The van der Waals surface area contributed by atoms with Crippen molar-refractivity contribution in [3.8, 4) is 5.75 Å². The summed E-state index contributed by atoms with van der Waals surface area (Å²) in [7, 11) is 0. The Hall–Kier alpha value is -2.36. The van der Waals surface area contributed by atoms with E-state index in [0.717, 1.165) is 11.3 Å². The Labute approximate surface area is 110 Å². The van der Waals surface area contributed by atoms with Gasteiger partial charge in [-0.3, -0.25) is 4.79 Å². The standard InChI is InChI=1S/C15H12FNO2/c16-11-6-7-13-10(8-11)9-14(19-13)15(18)17-12-4-2-1-3-5-12/h1-8,14H,9H2,(H,17,18). The van der Waals surface area contributed by atoms with E-state index >= 15 is 0 Å². The number of fused-ring (bicyclic) bond motifs is 1. The number of para-hydroxylation sites is 1. The molecule has 0 fully saturated rings. The van der Waals surface area contributed by atoms with Crippen LogP contribution in [0.25, 0.3) is 0 Å². The summed E-state index contributed by atoms with van der Waals surface area (Å²) in [5.41, 5.74) is 1.45. The third-order valence-electron chi connectivity index (χ3n) is 3.03. The lowest BCUT2D eigenvalue weighted by Crippen LogP contribution is -2.31. The number of benzene rings is 2. The van der Waals surface area contributed by atoms with Crippen LogP contribution in [0.1, 0.15) is 5.56 Å². The minimum absolute atomic E-state index is 0.220. The van der Waals surface area contributed by atoms with Crippen LogP contribution in [-0.2, 0) is 11.2 Å². The van der Waals surface area contributed by atoms with Crippen molar-refractivity contribution in [1.82, 2.24) is 0 Å². The summed E-state index contributed by atoms with van der Waals surface area (Å²) in [5.74, 6) is 0.0453. The van der Waals surface area contributed by atoms with Crippen LogP contribution in [0.5, 0.6) is 5.75 Å². The Bertz CT molecular complexity index is 613. The molecule has 3 nitrogen and oxygen atoms in total. The molecule has 4 heteroatoms. The molecule has 2 aromatic rings. The number of carbonyl (C=O) groups is 1. The van der Waals surface area contributed by atoms with E-state index in [4.69, 9.17) is 4.74 Å². The first kappa shape index (κ1) is 11.7. The number of hydrogen-bond acceptors (Lipinski definition) is 2. The van der Waals surface area contributed by atoms with Crippen molar-refractivity contribution >= 4 is 11.6 Å². The van der Waals surface area contributed by atoms with E-state index in [-0.39, 0.29) is 11.7 Å². The normalized spacial score (nSPS) is 16.6. The fraction of sp³-hybridized carbons (Fsp3) is 0.133. The highest BCUT2D eigenvalue weighted by Gasteiger charge is 2.29. The van der Waals surface area contributed by atoms with Gasteiger partial charge >= 0.3 is 0 Å². The van der Waals surface area contributed by atoms with Gasteiger partial charge in [0.25, 0.3) is 5.91 Å². The zero-order valence-corrected chi connectivity index (χ0v) is 10.1. The van der Waals surface area contributed by atoms with Crippen molar-refractivity contribution in [3.05, 3.63) is 59.9 Å². The van der Waals surface area contributed by atoms with E-state index in [1.165, 1.54) is 12.1 Å². The number of amides is 1. The fourth-order valence-electron chi connectivity index (χ4n) is 2.11. The molecular formula is C15H12FNO2. The first-order valence-electron chi connectivity index (χ1n) is 6.03. The Morgan fingerprint density at radius 3 is 2.79 bits per heavy atom. The molecule has 1 atom stereocenters. The van der Waals surface area contributed by atoms with Crippen LogP contribution >= 0.6 is 0 Å². The average molecular weight is 257 g/mol. The molecule has 3 rings (SSSR count). The number of anilines is 1. The van der Waals surface area contributed by atoms with Crippen LogP contribution in [0, 0.1) is 5.82 Å². The van der Waals surface area contributed by atoms with Gasteiger partial charge in [-0.2, -0.15) is 0 Å². The van der Waals surface area contributed by atoms with Crippen molar-refractivity contribution in [1.29, 1.82) is 0 Å². The summed E-state index contributed by atoms with van der Waals surface area (Å²) in [4.78, 5) is 12.0. The number of rotatable bonds is 2. The minimum atomic E-state index is -0.600. The highest BCUT2D eigenvalue weighted by atomic mass is 19.1. The van der Waals surface area contributed by atoms with E-state index in [1.807, 2.05) is 18.2 Å². The Morgan fingerprint density at radius 2 is 2.00 bits per heavy atom. The van der Waals surface area contributed by atoms with Gasteiger partial charge in [0, 0.05) is 17.7 Å². The number of nitrogens with one attached hydrogen (secondary N) is 1. The summed E-state index contributed by atoms with van der Waals surface area (Å²) in [6, 6.07) is 13.5. The maximum atomic E-state index is 13.1. The lowest BCUT2D eigenvalue weighted by atomic mass is 10.1. The molecule has 0 saturated heterocycles. The van der Waals surface area contributed by atoms with Crippen molar-refractivity contribution in [3.63, 3.8) is 0 Å². The Kier molecular flexibility index (Phi) is 2.91. The molecule has 1 amide bonds. The molecule has 0 aromatic heterocycles. The van der Waals surface area contributed by atoms with Gasteiger partial charge in [0.2, 0.25) is 0 Å². The van der Waals surface area contributed by atoms with E-state index in [2.05, 4.69) is 5.32 Å². The third kappa shape index (κ3) is 2.42. The van der Waals surface area contributed by atoms with Crippen LogP contribution in [0.4, 0.5) is 10.1 Å². The molecule has 1 aliphatic heterocycles. The highest BCUT2D eigenvalue weighted by molar-refractivity contribution is 5.95. The van der Waals surface area contributed by atoms with Crippen molar-refractivity contribution in [2.24, 2.45) is 0 Å². The smallest absolute Gasteiger partial charge is 0.265 e. The molecular weight excluding hydrogens is 245 g/mol. The fourth-order valence-corrected chi connectivity index (χ4v) is 2.11. The molecule has 1 unspecified atom stereocenters. The Morgan fingerprint density at radius 1 is 1.21 bits per heavy atom. The van der Waals surface area contributed by atoms with Gasteiger partial charge in [-0.05, 0) is 30.3 Å². The van der Waals surface area contributed by atoms with Crippen LogP contribution in [0.2, 0.25) is 0 Å². The molecule has 1 N–H and O–H groups in total. The van der Waals surface area contributed by atoms with Crippen LogP contribution in [0.15, 0.2) is 48.5 Å². The summed E-state index contributed by atoms with van der Waals surface area (Å²) in [5, 5.41) is 2.78. The molecule has 0 aliphatic carbocycles. The van der Waals surface area contributed by atoms with Crippen molar-refractivity contribution in [2.75, 3.05) is 5.32 Å². The zero-order valence-electron chi connectivity index (χ0n) is 10.1. The minimum Gasteiger partial charge on any atom is -0.480 e. The predicted octanol–water partition coefficient (Wildman–Crippen LogP) is 2.77. The lowest BCUT2D eigenvalue weighted by Gasteiger charge is -2.11. The number of hydrogen-bond donors (Lipinski definition) is 1. The van der Waals surface area contributed by atoms with Gasteiger partial charge in [0.15, 0.2) is 6.10 Å². The van der Waals surface area contributed by atoms with Crippen LogP contribution in [-0.4, -0.2) is 12.0 Å². The van der Waals surface area contributed by atoms with Crippen LogP contribution < -0.4 is 10.1 Å². The van der Waals surface area contributed by atoms with Gasteiger partial charge in [0.1, 0.15) is 11.6 Å². The highest BCUT2D eigenvalue weighted by Crippen LogP contribution is 2.29. The molecule has 1 heterocycles. The van der Waals surface area contributed by atoms with Gasteiger partial charge < -0.3 is 10.1 Å². The monoisotopic (exact) mass is 257 g/mol. The van der Waals surface area contributed by atoms with Crippen molar-refractivity contribution in [2.45, 2.75) is 12.5 Å². The van der Waals surface area contributed by atoms with E-state index < -0.39 is 6.10 Å². The van der Waals surface area contributed by atoms with E-state index in [0.29, 0.717) is 12.2 Å². The predicted molar refractivity (Wildman–Crippen MR) is 69.6 cm³/mol. The molecule has 96 valence electrons. The second-order valence-corrected chi connectivity index (χ2v) is 4.42. The third-order valence-corrected chi connectivity index (χ3v) is 3.03. The molecule has 0 saturated carbocycles. The lowest BCUT2D eigenvalue weighted by molar-refractivity contribution is -0.122. The van der Waals surface area contributed by atoms with Gasteiger partial charge in [-0.15, -0.1) is 0 Å². The second kappa shape index (κ2) is 4.72. The summed E-state index contributed by atoms with van der Waals surface area (Å²) in [6.45, 7) is 0. The maximum absolute atomic E-state index is 13.1. The summed E-state index contributed by atoms with van der Waals surface area (Å²) >= 11 is 0. The first-order chi connectivity index (χ1) is 9.22. The van der Waals surface area contributed by atoms with Gasteiger partial charge in [0.05, 0.1) is 0 Å². The van der Waals surface area contributed by atoms with Crippen molar-refractivity contribution < 1.29 is 13.9 Å². The van der Waals surface area contributed by atoms with Gasteiger partial charge in [-0.25, -0.2) is 4.39 Å². The summed E-state index contributed by atoms with van der Waals surface area (Å²) < 4.78 is 18.6. The molecule has 1 aliphatic rings. The van der Waals surface area contributed by atoms with E-state index in [9.17, 15) is 9.18 Å². The zero-order chi connectivity index (χ0) is 13.2. The number of halogens is 1. The quantitative estimate of drug-likeness (QED) is 0.898. The molecule has 0 spiro atoms. The molecule has 0 radical (unpaired) electrons. The summed E-state index contributed by atoms with van der Waals surface area (Å²) in [6.07, 6.45) is -0.205. The van der Waals surface area contributed by atoms with E-state index in [1.54, 1.807) is 18.2 Å². The number of ether oxygens (including phenoxy) is 1. The average Bonchev–Trinajstić information content (AvgIpc) is 2.83. The Balaban J connectivity index is 1.71. The van der Waals surface area contributed by atoms with Gasteiger partial charge in [-0.1, -0.05) is 18.2 Å². The molecule has 19 heavy (non-hydrogen) atoms. The maximum Gasteiger partial charge on any atom is 0.265 e. The topological polar surface area (TPSA) is 38.3 Å². The molecule has 2 aromatic carbocycles.